The number of rotatable bonds is 7. The Labute approximate surface area is 265 Å². The van der Waals surface area contributed by atoms with E-state index in [1.807, 2.05) is 0 Å². The van der Waals surface area contributed by atoms with Gasteiger partial charge in [-0.15, -0.1) is 6.42 Å². The number of nitrogens with zero attached hydrogens (tertiary/aromatic N) is 5. The molecule has 240 valence electrons. The Kier molecular flexibility index (Phi) is 8.11. The van der Waals surface area contributed by atoms with Crippen molar-refractivity contribution in [2.45, 2.75) is 50.2 Å². The molecule has 1 N–H and O–H groups in total. The van der Waals surface area contributed by atoms with Crippen molar-refractivity contribution < 1.29 is 27.8 Å². The van der Waals surface area contributed by atoms with Gasteiger partial charge in [-0.2, -0.15) is 9.97 Å². The summed E-state index contributed by atoms with van der Waals surface area (Å²) in [6.07, 6.45) is 11.2. The summed E-state index contributed by atoms with van der Waals surface area (Å²) in [7, 11) is 1.70. The largest absolute Gasteiger partial charge is 0.508 e. The Balaban J connectivity index is 1.36. The number of ether oxygens (including phenoxy) is 2. The third kappa shape index (κ3) is 5.37. The van der Waals surface area contributed by atoms with Gasteiger partial charge in [0.1, 0.15) is 41.4 Å². The normalized spacial score (nSPS) is 23.5. The summed E-state index contributed by atoms with van der Waals surface area (Å²) in [5, 5.41) is 11.6. The summed E-state index contributed by atoms with van der Waals surface area (Å²) in [5.74, 6) is 1.70. The summed E-state index contributed by atoms with van der Waals surface area (Å²) in [5.41, 5.74) is -0.514. The summed E-state index contributed by atoms with van der Waals surface area (Å²) >= 11 is 0. The van der Waals surface area contributed by atoms with E-state index in [-0.39, 0.29) is 46.1 Å². The van der Waals surface area contributed by atoms with Crippen molar-refractivity contribution in [2.24, 2.45) is 5.92 Å². The number of aromatic nitrogens is 3. The molecule has 0 saturated carbocycles. The summed E-state index contributed by atoms with van der Waals surface area (Å²) in [4.78, 5) is 18.1. The van der Waals surface area contributed by atoms with Gasteiger partial charge in [-0.1, -0.05) is 12.0 Å². The lowest BCUT2D eigenvalue weighted by molar-refractivity contribution is 0.107. The van der Waals surface area contributed by atoms with Crippen LogP contribution in [0.25, 0.3) is 32.9 Å². The van der Waals surface area contributed by atoms with Gasteiger partial charge in [0.05, 0.1) is 16.5 Å². The van der Waals surface area contributed by atoms with Crippen LogP contribution in [0.3, 0.4) is 0 Å². The number of methoxy groups -OCH3 is 1. The van der Waals surface area contributed by atoms with Crippen LogP contribution < -0.4 is 9.64 Å². The van der Waals surface area contributed by atoms with Crippen molar-refractivity contribution in [1.82, 2.24) is 19.9 Å². The smallest absolute Gasteiger partial charge is 0.319 e. The average molecular weight is 632 g/mol. The van der Waals surface area contributed by atoms with E-state index in [0.717, 1.165) is 38.6 Å². The first-order valence-corrected chi connectivity index (χ1v) is 15.8. The van der Waals surface area contributed by atoms with E-state index >= 15 is 4.39 Å². The molecule has 4 aromatic rings. The molecule has 8 nitrogen and oxygen atoms in total. The molecule has 46 heavy (non-hydrogen) atoms. The van der Waals surface area contributed by atoms with E-state index in [1.165, 1.54) is 30.5 Å². The first kappa shape index (κ1) is 30.5. The fraction of sp³-hybridized carbons (Fsp3) is 0.457. The number of fused-ring (bicyclic) bond motifs is 3. The Morgan fingerprint density at radius 3 is 2.83 bits per heavy atom. The highest BCUT2D eigenvalue weighted by Crippen LogP contribution is 2.42. The van der Waals surface area contributed by atoms with Crippen LogP contribution in [0.1, 0.15) is 44.1 Å². The monoisotopic (exact) mass is 631 g/mol. The lowest BCUT2D eigenvalue weighted by atomic mass is 9.95. The summed E-state index contributed by atoms with van der Waals surface area (Å²) in [6.45, 7) is 3.41. The average Bonchev–Trinajstić information content (AvgIpc) is 3.46. The number of hydrogen-bond acceptors (Lipinski definition) is 8. The second kappa shape index (κ2) is 12.2. The molecule has 3 fully saturated rings. The van der Waals surface area contributed by atoms with Gasteiger partial charge in [-0.3, -0.25) is 9.88 Å². The number of pyridine rings is 1. The van der Waals surface area contributed by atoms with Gasteiger partial charge < -0.3 is 19.5 Å². The van der Waals surface area contributed by atoms with Crippen LogP contribution in [-0.2, 0) is 4.74 Å². The maximum atomic E-state index is 16.8. The molecular formula is C35H36F3N5O3. The van der Waals surface area contributed by atoms with E-state index < -0.39 is 23.3 Å². The maximum absolute atomic E-state index is 16.8. The van der Waals surface area contributed by atoms with Crippen LogP contribution in [0.5, 0.6) is 11.8 Å². The molecule has 5 heterocycles. The molecule has 0 aliphatic carbocycles. The first-order chi connectivity index (χ1) is 22.3. The van der Waals surface area contributed by atoms with E-state index in [0.29, 0.717) is 55.2 Å². The van der Waals surface area contributed by atoms with E-state index in [2.05, 4.69) is 25.7 Å². The van der Waals surface area contributed by atoms with Gasteiger partial charge in [0.2, 0.25) is 0 Å². The molecule has 0 radical (unpaired) electrons. The van der Waals surface area contributed by atoms with Gasteiger partial charge in [-0.05, 0) is 68.2 Å². The van der Waals surface area contributed by atoms with Crippen LogP contribution in [0.4, 0.5) is 19.0 Å². The molecular weight excluding hydrogens is 595 g/mol. The number of alkyl halides is 1. The van der Waals surface area contributed by atoms with Crippen molar-refractivity contribution in [3.63, 3.8) is 0 Å². The standard InChI is InChI=1S/C35H36F3N5O3/c1-3-25-28(37)8-7-22-14-24(44)15-26(29(22)25)31-30(38)32-27(17-39-31)33(42-11-4-6-21(9-13-42)19-45-2)41-34(40-32)46-20-35-10-5-12-43(35)18-23(36)16-35/h1,7-8,14-15,17,21,23,44H,4-6,9-13,16,18-20H2,2H3/t21?,23-,35+/m1/s1. The predicted octanol–water partition coefficient (Wildman–Crippen LogP) is 6.02. The molecule has 0 spiro atoms. The third-order valence-corrected chi connectivity index (χ3v) is 9.88. The summed E-state index contributed by atoms with van der Waals surface area (Å²) < 4.78 is 57.8. The number of phenolic OH excluding ortho intramolecular Hbond substituents is 1. The molecule has 3 saturated heterocycles. The topological polar surface area (TPSA) is 83.8 Å². The number of halogens is 3. The van der Waals surface area contributed by atoms with Crippen LogP contribution in [0.15, 0.2) is 30.5 Å². The van der Waals surface area contributed by atoms with Crippen LogP contribution >= 0.6 is 0 Å². The molecule has 3 aliphatic rings. The molecule has 1 unspecified atom stereocenters. The molecule has 0 bridgehead atoms. The lowest BCUT2D eigenvalue weighted by Crippen LogP contribution is -2.43. The second-order valence-electron chi connectivity index (χ2n) is 12.8. The van der Waals surface area contributed by atoms with Crippen molar-refractivity contribution >= 4 is 27.5 Å². The Morgan fingerprint density at radius 1 is 1.13 bits per heavy atom. The molecule has 11 heteroatoms. The zero-order valence-corrected chi connectivity index (χ0v) is 25.7. The number of benzene rings is 2. The predicted molar refractivity (Wildman–Crippen MR) is 170 cm³/mol. The molecule has 0 amide bonds. The number of phenols is 1. The molecule has 2 aromatic carbocycles. The molecule has 2 aromatic heterocycles. The SMILES string of the molecule is C#Cc1c(F)ccc2cc(O)cc(-c3ncc4c(N5CCCC(COC)CC5)nc(OC[C@@]56CCCN5C[C@H](F)C6)nc4c3F)c12. The van der Waals surface area contributed by atoms with Gasteiger partial charge in [-0.25, -0.2) is 13.2 Å². The fourth-order valence-electron chi connectivity index (χ4n) is 7.69. The zero-order valence-electron chi connectivity index (χ0n) is 25.7. The summed E-state index contributed by atoms with van der Waals surface area (Å²) in [6, 6.07) is 5.46. The maximum Gasteiger partial charge on any atom is 0.319 e. The van der Waals surface area contributed by atoms with E-state index in [9.17, 15) is 13.9 Å². The highest BCUT2D eigenvalue weighted by atomic mass is 19.1. The van der Waals surface area contributed by atoms with E-state index in [4.69, 9.17) is 20.9 Å². The fourth-order valence-corrected chi connectivity index (χ4v) is 7.69. The van der Waals surface area contributed by atoms with Crippen LogP contribution in [-0.4, -0.2) is 83.2 Å². The van der Waals surface area contributed by atoms with Crippen LogP contribution in [0.2, 0.25) is 0 Å². The first-order valence-electron chi connectivity index (χ1n) is 15.8. The number of aromatic hydroxyl groups is 1. The molecule has 3 aliphatic heterocycles. The van der Waals surface area contributed by atoms with Gasteiger partial charge in [0.15, 0.2) is 5.82 Å². The molecule has 3 atom stereocenters. The Bertz CT molecular complexity index is 1850. The van der Waals surface area contributed by atoms with Crippen LogP contribution in [0, 0.1) is 29.9 Å². The lowest BCUT2D eigenvalue weighted by Gasteiger charge is -2.31. The van der Waals surface area contributed by atoms with Crippen molar-refractivity contribution in [1.29, 1.82) is 0 Å². The highest BCUT2D eigenvalue weighted by molar-refractivity contribution is 6.03. The van der Waals surface area contributed by atoms with Gasteiger partial charge >= 0.3 is 6.01 Å². The zero-order chi connectivity index (χ0) is 32.0. The highest BCUT2D eigenvalue weighted by Gasteiger charge is 2.49. The van der Waals surface area contributed by atoms with E-state index in [1.54, 1.807) is 7.11 Å². The van der Waals surface area contributed by atoms with Crippen molar-refractivity contribution in [3.05, 3.63) is 47.7 Å². The van der Waals surface area contributed by atoms with Gasteiger partial charge in [0, 0.05) is 56.9 Å². The minimum atomic E-state index is -0.921. The quantitative estimate of drug-likeness (QED) is 0.248. The molecule has 7 rings (SSSR count). The van der Waals surface area contributed by atoms with Crippen molar-refractivity contribution in [3.8, 4) is 35.4 Å². The van der Waals surface area contributed by atoms with Gasteiger partial charge in [0.25, 0.3) is 0 Å². The number of terminal acetylenes is 1. The third-order valence-electron chi connectivity index (χ3n) is 9.88. The Morgan fingerprint density at radius 2 is 2.00 bits per heavy atom. The minimum Gasteiger partial charge on any atom is -0.508 e. The minimum absolute atomic E-state index is 0.00380. The number of anilines is 1. The second-order valence-corrected chi connectivity index (χ2v) is 12.8. The Hall–Kier alpha value is -4.14. The number of hydrogen-bond donors (Lipinski definition) is 1. The van der Waals surface area contributed by atoms with Crippen molar-refractivity contribution in [2.75, 3.05) is 51.4 Å².